The predicted molar refractivity (Wildman–Crippen MR) is 70.2 cm³/mol. The van der Waals surface area contributed by atoms with E-state index < -0.39 is 0 Å². The molecule has 0 bridgehead atoms. The maximum absolute atomic E-state index is 12.1. The number of nitrogens with zero attached hydrogens (tertiary/aromatic N) is 1. The number of aromatic nitrogens is 1. The van der Waals surface area contributed by atoms with Crippen LogP contribution in [-0.4, -0.2) is 10.8 Å². The van der Waals surface area contributed by atoms with E-state index >= 15 is 0 Å². The summed E-state index contributed by atoms with van der Waals surface area (Å²) in [6, 6.07) is 16.0. The average Bonchev–Trinajstić information content (AvgIpc) is 3.21. The number of Topliss-reactive ketones (excluding diaryl/α,β-unsaturated/α-hetero) is 1. The Morgan fingerprint density at radius 2 is 1.89 bits per heavy atom. The fraction of sp³-hybridized carbons (Fsp3) is 0.250. The van der Waals surface area contributed by atoms with Crippen molar-refractivity contribution in [3.8, 4) is 0 Å². The lowest BCUT2D eigenvalue weighted by atomic mass is 10.1. The molecule has 1 saturated carbocycles. The monoisotopic (exact) mass is 237 g/mol. The first-order chi connectivity index (χ1) is 8.84. The highest BCUT2D eigenvalue weighted by Gasteiger charge is 2.43. The smallest absolute Gasteiger partial charge is 0.142 e. The van der Waals surface area contributed by atoms with Gasteiger partial charge in [0, 0.05) is 24.2 Å². The molecule has 2 aromatic rings. The zero-order chi connectivity index (χ0) is 12.4. The van der Waals surface area contributed by atoms with Gasteiger partial charge in [-0.25, -0.2) is 0 Å². The van der Waals surface area contributed by atoms with Crippen LogP contribution in [0.5, 0.6) is 0 Å². The third-order valence-corrected chi connectivity index (χ3v) is 3.51. The topological polar surface area (TPSA) is 30.0 Å². The van der Waals surface area contributed by atoms with Gasteiger partial charge in [0.15, 0.2) is 0 Å². The molecule has 0 amide bonds. The Bertz CT molecular complexity index is 536. The van der Waals surface area contributed by atoms with Crippen molar-refractivity contribution in [3.05, 3.63) is 66.0 Å². The van der Waals surface area contributed by atoms with Gasteiger partial charge in [0.1, 0.15) is 5.78 Å². The minimum atomic E-state index is 0.203. The Kier molecular flexibility index (Phi) is 2.93. The van der Waals surface area contributed by atoms with Crippen LogP contribution < -0.4 is 0 Å². The molecule has 0 N–H and O–H groups in total. The molecule has 1 fully saturated rings. The van der Waals surface area contributed by atoms with Crippen molar-refractivity contribution in [3.63, 3.8) is 0 Å². The van der Waals surface area contributed by atoms with Crippen molar-refractivity contribution in [2.24, 2.45) is 5.92 Å². The van der Waals surface area contributed by atoms with Crippen molar-refractivity contribution < 1.29 is 4.79 Å². The molecule has 0 saturated heterocycles. The molecule has 18 heavy (non-hydrogen) atoms. The summed E-state index contributed by atoms with van der Waals surface area (Å²) in [5.74, 6) is 0.958. The van der Waals surface area contributed by atoms with E-state index in [4.69, 9.17) is 0 Å². The largest absolute Gasteiger partial charge is 0.299 e. The first kappa shape index (κ1) is 11.1. The molecule has 1 aliphatic carbocycles. The van der Waals surface area contributed by atoms with E-state index in [9.17, 15) is 4.79 Å². The summed E-state index contributed by atoms with van der Waals surface area (Å²) >= 11 is 0. The minimum Gasteiger partial charge on any atom is -0.299 e. The molecule has 0 aliphatic heterocycles. The Labute approximate surface area is 107 Å². The zero-order valence-electron chi connectivity index (χ0n) is 10.1. The van der Waals surface area contributed by atoms with E-state index in [0.717, 1.165) is 12.1 Å². The van der Waals surface area contributed by atoms with Crippen LogP contribution in [0.1, 0.15) is 23.6 Å². The second kappa shape index (κ2) is 4.73. The molecule has 2 unspecified atom stereocenters. The summed E-state index contributed by atoms with van der Waals surface area (Å²) in [4.78, 5) is 16.3. The first-order valence-electron chi connectivity index (χ1n) is 6.32. The second-order valence-electron chi connectivity index (χ2n) is 4.82. The highest BCUT2D eigenvalue weighted by molar-refractivity contribution is 5.86. The van der Waals surface area contributed by atoms with Crippen LogP contribution >= 0.6 is 0 Å². The van der Waals surface area contributed by atoms with E-state index in [0.29, 0.717) is 18.1 Å². The van der Waals surface area contributed by atoms with E-state index in [2.05, 4.69) is 17.1 Å². The number of hydrogen-bond acceptors (Lipinski definition) is 2. The highest BCUT2D eigenvalue weighted by Crippen LogP contribution is 2.48. The molecule has 1 heterocycles. The van der Waals surface area contributed by atoms with Gasteiger partial charge in [-0.1, -0.05) is 36.4 Å². The van der Waals surface area contributed by atoms with Crippen molar-refractivity contribution in [2.45, 2.75) is 18.8 Å². The van der Waals surface area contributed by atoms with Crippen LogP contribution in [-0.2, 0) is 11.2 Å². The number of ketones is 1. The lowest BCUT2D eigenvalue weighted by Gasteiger charge is -2.00. The van der Waals surface area contributed by atoms with E-state index in [1.54, 1.807) is 6.20 Å². The summed E-state index contributed by atoms with van der Waals surface area (Å²) in [6.07, 6.45) is 3.20. The van der Waals surface area contributed by atoms with Crippen LogP contribution in [0.4, 0.5) is 0 Å². The first-order valence-corrected chi connectivity index (χ1v) is 6.32. The van der Waals surface area contributed by atoms with Gasteiger partial charge in [0.2, 0.25) is 0 Å². The predicted octanol–water partition coefficient (Wildman–Crippen LogP) is 3.00. The molecule has 1 aromatic carbocycles. The molecule has 2 heteroatoms. The van der Waals surface area contributed by atoms with Gasteiger partial charge in [-0.05, 0) is 30.0 Å². The maximum atomic E-state index is 12.1. The van der Waals surface area contributed by atoms with Gasteiger partial charge in [-0.2, -0.15) is 0 Å². The van der Waals surface area contributed by atoms with Gasteiger partial charge in [-0.15, -0.1) is 0 Å². The quantitative estimate of drug-likeness (QED) is 0.818. The summed E-state index contributed by atoms with van der Waals surface area (Å²) in [5, 5.41) is 0. The molecule has 1 aliphatic rings. The molecular formula is C16H15NO. The fourth-order valence-corrected chi connectivity index (χ4v) is 2.43. The van der Waals surface area contributed by atoms with Crippen molar-refractivity contribution in [2.75, 3.05) is 0 Å². The van der Waals surface area contributed by atoms with Gasteiger partial charge in [-0.3, -0.25) is 9.78 Å². The van der Waals surface area contributed by atoms with Gasteiger partial charge in [0.25, 0.3) is 0 Å². The molecule has 0 radical (unpaired) electrons. The zero-order valence-corrected chi connectivity index (χ0v) is 10.1. The molecule has 1 aromatic heterocycles. The summed E-state index contributed by atoms with van der Waals surface area (Å²) in [5.41, 5.74) is 2.16. The van der Waals surface area contributed by atoms with Gasteiger partial charge < -0.3 is 0 Å². The fourth-order valence-electron chi connectivity index (χ4n) is 2.43. The number of pyridine rings is 1. The second-order valence-corrected chi connectivity index (χ2v) is 4.82. The third-order valence-electron chi connectivity index (χ3n) is 3.51. The van der Waals surface area contributed by atoms with Gasteiger partial charge in [0.05, 0.1) is 0 Å². The van der Waals surface area contributed by atoms with E-state index in [1.807, 2.05) is 36.4 Å². The lowest BCUT2D eigenvalue weighted by molar-refractivity contribution is -0.119. The Hall–Kier alpha value is -1.96. The van der Waals surface area contributed by atoms with E-state index in [-0.39, 0.29) is 5.92 Å². The SMILES string of the molecule is O=C(Cc1ccccn1)C1CC1c1ccccc1. The highest BCUT2D eigenvalue weighted by atomic mass is 16.1. The van der Waals surface area contributed by atoms with Crippen molar-refractivity contribution >= 4 is 5.78 Å². The Morgan fingerprint density at radius 1 is 1.11 bits per heavy atom. The summed E-state index contributed by atoms with van der Waals surface area (Å²) < 4.78 is 0. The third kappa shape index (κ3) is 2.33. The van der Waals surface area contributed by atoms with Crippen LogP contribution in [0.2, 0.25) is 0 Å². The van der Waals surface area contributed by atoms with E-state index in [1.165, 1.54) is 5.56 Å². The molecule has 2 atom stereocenters. The minimum absolute atomic E-state index is 0.203. The van der Waals surface area contributed by atoms with Gasteiger partial charge >= 0.3 is 0 Å². The lowest BCUT2D eigenvalue weighted by Crippen LogP contribution is -2.07. The normalized spacial score (nSPS) is 21.6. The average molecular weight is 237 g/mol. The Morgan fingerprint density at radius 3 is 2.61 bits per heavy atom. The molecule has 90 valence electrons. The number of benzene rings is 1. The van der Waals surface area contributed by atoms with Crippen LogP contribution in [0.3, 0.4) is 0 Å². The van der Waals surface area contributed by atoms with Crippen LogP contribution in [0.25, 0.3) is 0 Å². The molecular weight excluding hydrogens is 222 g/mol. The summed E-state index contributed by atoms with van der Waals surface area (Å²) in [7, 11) is 0. The molecule has 3 rings (SSSR count). The standard InChI is InChI=1S/C16H15NO/c18-16(10-13-8-4-5-9-17-13)15-11-14(15)12-6-2-1-3-7-12/h1-9,14-15H,10-11H2. The summed E-state index contributed by atoms with van der Waals surface area (Å²) in [6.45, 7) is 0. The van der Waals surface area contributed by atoms with Crippen LogP contribution in [0, 0.1) is 5.92 Å². The van der Waals surface area contributed by atoms with Crippen LogP contribution in [0.15, 0.2) is 54.7 Å². The number of rotatable bonds is 4. The maximum Gasteiger partial charge on any atom is 0.142 e. The molecule has 0 spiro atoms. The Balaban J connectivity index is 1.63. The number of carbonyl (C=O) groups is 1. The number of carbonyl (C=O) groups excluding carboxylic acids is 1. The molecule has 2 nitrogen and oxygen atoms in total. The van der Waals surface area contributed by atoms with Crippen molar-refractivity contribution in [1.29, 1.82) is 0 Å². The number of hydrogen-bond donors (Lipinski definition) is 0. The van der Waals surface area contributed by atoms with Crippen molar-refractivity contribution in [1.82, 2.24) is 4.98 Å².